The summed E-state index contributed by atoms with van der Waals surface area (Å²) in [5.41, 5.74) is 0.441. The Kier molecular flexibility index (Phi) is 1.03. The first-order chi connectivity index (χ1) is 4.68. The molecule has 1 saturated heterocycles. The summed E-state index contributed by atoms with van der Waals surface area (Å²) >= 11 is 0. The van der Waals surface area contributed by atoms with Gasteiger partial charge in [0, 0.05) is 0 Å². The monoisotopic (exact) mass is 139 g/mol. The summed E-state index contributed by atoms with van der Waals surface area (Å²) in [6.45, 7) is 5.54. The number of carbonyl (C=O) groups excluding carboxylic acids is 1. The summed E-state index contributed by atoms with van der Waals surface area (Å²) in [5, 5.41) is 3.19. The lowest BCUT2D eigenvalue weighted by molar-refractivity contribution is -0.109. The zero-order valence-corrected chi connectivity index (χ0v) is 6.42. The Balaban J connectivity index is 2.13. The minimum absolute atomic E-state index is 0.153. The van der Waals surface area contributed by atoms with Crippen LogP contribution in [0.15, 0.2) is 0 Å². The molecule has 1 aliphatic heterocycles. The SMILES string of the molecule is CC1(C)[C@@H]2[C@@H](C=O)NC[C@@H]21. The van der Waals surface area contributed by atoms with Crippen LogP contribution in [0.5, 0.6) is 0 Å². The molecule has 2 fully saturated rings. The molecule has 0 aromatic carbocycles. The summed E-state index contributed by atoms with van der Waals surface area (Å²) in [7, 11) is 0. The maximum absolute atomic E-state index is 10.5. The lowest BCUT2D eigenvalue weighted by Crippen LogP contribution is -2.31. The number of carbonyl (C=O) groups is 1. The van der Waals surface area contributed by atoms with Gasteiger partial charge < -0.3 is 10.1 Å². The second-order valence-corrected chi connectivity index (χ2v) is 4.02. The molecule has 2 heteroatoms. The third-order valence-electron chi connectivity index (χ3n) is 3.25. The number of piperidine rings is 1. The standard InChI is InChI=1S/C8H13NO/c1-8(2)5-3-9-6(4-10)7(5)8/h4-7,9H,3H2,1-2H3/t5-,6+,7-/m0/s1. The summed E-state index contributed by atoms with van der Waals surface area (Å²) in [5.74, 6) is 1.40. The van der Waals surface area contributed by atoms with Crippen molar-refractivity contribution in [2.75, 3.05) is 6.54 Å². The van der Waals surface area contributed by atoms with E-state index in [1.165, 1.54) is 0 Å². The van der Waals surface area contributed by atoms with Crippen molar-refractivity contribution in [3.8, 4) is 0 Å². The van der Waals surface area contributed by atoms with Crippen LogP contribution in [-0.4, -0.2) is 18.9 Å². The highest BCUT2D eigenvalue weighted by molar-refractivity contribution is 5.61. The number of rotatable bonds is 1. The van der Waals surface area contributed by atoms with E-state index in [2.05, 4.69) is 19.2 Å². The third-order valence-corrected chi connectivity index (χ3v) is 3.25. The average Bonchev–Trinajstić information content (AvgIpc) is 2.28. The lowest BCUT2D eigenvalue weighted by atomic mass is 10.0. The molecule has 0 aromatic heterocycles. The van der Waals surface area contributed by atoms with E-state index in [0.717, 1.165) is 18.7 Å². The second-order valence-electron chi connectivity index (χ2n) is 4.02. The molecule has 0 radical (unpaired) electrons. The highest BCUT2D eigenvalue weighted by Crippen LogP contribution is 2.61. The molecule has 1 heterocycles. The van der Waals surface area contributed by atoms with E-state index in [1.807, 2.05) is 0 Å². The Labute approximate surface area is 61.0 Å². The molecule has 2 nitrogen and oxygen atoms in total. The normalized spacial score (nSPS) is 48.4. The van der Waals surface area contributed by atoms with Gasteiger partial charge in [0.1, 0.15) is 6.29 Å². The van der Waals surface area contributed by atoms with E-state index in [1.54, 1.807) is 0 Å². The van der Waals surface area contributed by atoms with Crippen LogP contribution in [0.1, 0.15) is 13.8 Å². The van der Waals surface area contributed by atoms with Crippen LogP contribution < -0.4 is 5.32 Å². The van der Waals surface area contributed by atoms with Gasteiger partial charge in [-0.15, -0.1) is 0 Å². The summed E-state index contributed by atoms with van der Waals surface area (Å²) < 4.78 is 0. The van der Waals surface area contributed by atoms with Crippen molar-refractivity contribution < 1.29 is 4.79 Å². The fraction of sp³-hybridized carbons (Fsp3) is 0.875. The number of fused-ring (bicyclic) bond motifs is 1. The highest BCUT2D eigenvalue weighted by Gasteiger charge is 2.63. The van der Waals surface area contributed by atoms with Crippen LogP contribution in [0.2, 0.25) is 0 Å². The molecule has 2 aliphatic rings. The Morgan fingerprint density at radius 2 is 2.30 bits per heavy atom. The van der Waals surface area contributed by atoms with Crippen LogP contribution in [0.25, 0.3) is 0 Å². The minimum atomic E-state index is 0.153. The molecular formula is C8H13NO. The van der Waals surface area contributed by atoms with Crippen LogP contribution in [0, 0.1) is 17.3 Å². The smallest absolute Gasteiger partial charge is 0.137 e. The zero-order valence-electron chi connectivity index (χ0n) is 6.42. The number of hydrogen-bond donors (Lipinski definition) is 1. The van der Waals surface area contributed by atoms with Crippen molar-refractivity contribution >= 4 is 6.29 Å². The molecule has 0 spiro atoms. The van der Waals surface area contributed by atoms with Gasteiger partial charge in [-0.05, 0) is 23.8 Å². The summed E-state index contributed by atoms with van der Waals surface area (Å²) in [6, 6.07) is 0.153. The van der Waals surface area contributed by atoms with E-state index < -0.39 is 0 Å². The van der Waals surface area contributed by atoms with Crippen molar-refractivity contribution in [1.82, 2.24) is 5.32 Å². The second kappa shape index (κ2) is 1.62. The van der Waals surface area contributed by atoms with Gasteiger partial charge in [0.2, 0.25) is 0 Å². The fourth-order valence-corrected chi connectivity index (χ4v) is 2.41. The van der Waals surface area contributed by atoms with Gasteiger partial charge in [-0.3, -0.25) is 0 Å². The molecule has 3 atom stereocenters. The van der Waals surface area contributed by atoms with E-state index in [4.69, 9.17) is 0 Å². The number of aldehydes is 1. The van der Waals surface area contributed by atoms with Crippen molar-refractivity contribution in [3.63, 3.8) is 0 Å². The lowest BCUT2D eigenvalue weighted by Gasteiger charge is -2.12. The van der Waals surface area contributed by atoms with Crippen LogP contribution in [-0.2, 0) is 4.79 Å². The average molecular weight is 139 g/mol. The molecule has 1 saturated carbocycles. The third kappa shape index (κ3) is 0.553. The number of hydrogen-bond acceptors (Lipinski definition) is 2. The molecule has 0 bridgehead atoms. The van der Waals surface area contributed by atoms with Gasteiger partial charge in [-0.25, -0.2) is 0 Å². The maximum atomic E-state index is 10.5. The minimum Gasteiger partial charge on any atom is -0.307 e. The fourth-order valence-electron chi connectivity index (χ4n) is 2.41. The topological polar surface area (TPSA) is 29.1 Å². The Morgan fingerprint density at radius 3 is 2.60 bits per heavy atom. The first-order valence-corrected chi connectivity index (χ1v) is 3.86. The van der Waals surface area contributed by atoms with E-state index in [-0.39, 0.29) is 6.04 Å². The van der Waals surface area contributed by atoms with Gasteiger partial charge in [-0.2, -0.15) is 0 Å². The van der Waals surface area contributed by atoms with Crippen molar-refractivity contribution in [3.05, 3.63) is 0 Å². The van der Waals surface area contributed by atoms with Crippen molar-refractivity contribution in [1.29, 1.82) is 0 Å². The van der Waals surface area contributed by atoms with E-state index >= 15 is 0 Å². The summed E-state index contributed by atoms with van der Waals surface area (Å²) in [6.07, 6.45) is 1.05. The molecule has 1 aliphatic carbocycles. The van der Waals surface area contributed by atoms with Crippen molar-refractivity contribution in [2.45, 2.75) is 19.9 Å². The molecule has 0 aromatic rings. The first kappa shape index (κ1) is 6.35. The van der Waals surface area contributed by atoms with Crippen LogP contribution in [0.4, 0.5) is 0 Å². The largest absolute Gasteiger partial charge is 0.307 e. The first-order valence-electron chi connectivity index (χ1n) is 3.86. The maximum Gasteiger partial charge on any atom is 0.137 e. The quantitative estimate of drug-likeness (QED) is 0.534. The Hall–Kier alpha value is -0.370. The predicted molar refractivity (Wildman–Crippen MR) is 38.6 cm³/mol. The Morgan fingerprint density at radius 1 is 1.60 bits per heavy atom. The van der Waals surface area contributed by atoms with Gasteiger partial charge in [0.05, 0.1) is 6.04 Å². The molecule has 56 valence electrons. The Bertz CT molecular complexity index is 176. The van der Waals surface area contributed by atoms with Gasteiger partial charge in [0.15, 0.2) is 0 Å². The van der Waals surface area contributed by atoms with E-state index in [0.29, 0.717) is 11.3 Å². The van der Waals surface area contributed by atoms with Gasteiger partial charge in [-0.1, -0.05) is 13.8 Å². The van der Waals surface area contributed by atoms with Gasteiger partial charge in [0.25, 0.3) is 0 Å². The predicted octanol–water partition coefficient (Wildman–Crippen LogP) is 0.429. The molecule has 0 amide bonds. The highest BCUT2D eigenvalue weighted by atomic mass is 16.1. The summed E-state index contributed by atoms with van der Waals surface area (Å²) in [4.78, 5) is 10.5. The van der Waals surface area contributed by atoms with Gasteiger partial charge >= 0.3 is 0 Å². The molecule has 0 unspecified atom stereocenters. The van der Waals surface area contributed by atoms with Crippen molar-refractivity contribution in [2.24, 2.45) is 17.3 Å². The van der Waals surface area contributed by atoms with E-state index in [9.17, 15) is 4.79 Å². The van der Waals surface area contributed by atoms with Crippen LogP contribution in [0.3, 0.4) is 0 Å². The molecule has 1 N–H and O–H groups in total. The molecule has 10 heavy (non-hydrogen) atoms. The zero-order chi connectivity index (χ0) is 7.35. The molecular weight excluding hydrogens is 126 g/mol. The van der Waals surface area contributed by atoms with Crippen LogP contribution >= 0.6 is 0 Å². The number of nitrogens with one attached hydrogen (secondary N) is 1. The molecule has 2 rings (SSSR count).